The van der Waals surface area contributed by atoms with Crippen LogP contribution in [-0.2, 0) is 4.79 Å². The third kappa shape index (κ3) is 3.47. The van der Waals surface area contributed by atoms with Crippen LogP contribution in [0, 0.1) is 6.92 Å². The normalized spacial score (nSPS) is 17.8. The summed E-state index contributed by atoms with van der Waals surface area (Å²) in [6, 6.07) is 14.2. The zero-order valence-electron chi connectivity index (χ0n) is 12.4. The summed E-state index contributed by atoms with van der Waals surface area (Å²) in [7, 11) is 0. The summed E-state index contributed by atoms with van der Waals surface area (Å²) in [5, 5.41) is -0.161. The fourth-order valence-electron chi connectivity index (χ4n) is 2.47. The lowest BCUT2D eigenvalue weighted by Gasteiger charge is -2.24. The van der Waals surface area contributed by atoms with Crippen molar-refractivity contribution in [3.8, 4) is 5.75 Å². The lowest BCUT2D eigenvalue weighted by Crippen LogP contribution is -2.27. The third-order valence-electron chi connectivity index (χ3n) is 3.57. The maximum Gasteiger partial charge on any atom is 0.387 e. The van der Waals surface area contributed by atoms with Crippen molar-refractivity contribution in [2.75, 3.05) is 10.7 Å². The number of thioether (sulfide) groups is 1. The van der Waals surface area contributed by atoms with E-state index in [1.54, 1.807) is 17.0 Å². The highest BCUT2D eigenvalue weighted by molar-refractivity contribution is 8.00. The van der Waals surface area contributed by atoms with Crippen molar-refractivity contribution < 1.29 is 18.3 Å². The minimum absolute atomic E-state index is 0.0387. The van der Waals surface area contributed by atoms with Crippen LogP contribution in [0.5, 0.6) is 5.75 Å². The Hall–Kier alpha value is -2.08. The van der Waals surface area contributed by atoms with Gasteiger partial charge >= 0.3 is 6.61 Å². The van der Waals surface area contributed by atoms with Crippen molar-refractivity contribution in [3.63, 3.8) is 0 Å². The maximum atomic E-state index is 12.2. The van der Waals surface area contributed by atoms with Gasteiger partial charge in [-0.1, -0.05) is 29.8 Å². The number of rotatable bonds is 4. The van der Waals surface area contributed by atoms with Gasteiger partial charge in [0.1, 0.15) is 11.1 Å². The second-order valence-electron chi connectivity index (χ2n) is 5.21. The largest absolute Gasteiger partial charge is 0.435 e. The van der Waals surface area contributed by atoms with Crippen LogP contribution in [0.4, 0.5) is 14.5 Å². The van der Waals surface area contributed by atoms with E-state index in [1.807, 2.05) is 31.2 Å². The van der Waals surface area contributed by atoms with Crippen LogP contribution in [0.15, 0.2) is 48.5 Å². The fourth-order valence-corrected chi connectivity index (χ4v) is 3.65. The fraction of sp³-hybridized carbons (Fsp3) is 0.235. The summed E-state index contributed by atoms with van der Waals surface area (Å²) in [4.78, 5) is 14.0. The van der Waals surface area contributed by atoms with Gasteiger partial charge in [0.25, 0.3) is 0 Å². The van der Waals surface area contributed by atoms with Crippen LogP contribution in [-0.4, -0.2) is 18.3 Å². The van der Waals surface area contributed by atoms with E-state index in [4.69, 9.17) is 0 Å². The molecule has 1 aliphatic heterocycles. The molecule has 2 aromatic carbocycles. The van der Waals surface area contributed by atoms with Gasteiger partial charge in [-0.2, -0.15) is 8.78 Å². The summed E-state index contributed by atoms with van der Waals surface area (Å²) in [6.45, 7) is -0.851. The van der Waals surface area contributed by atoms with Crippen LogP contribution < -0.4 is 9.64 Å². The van der Waals surface area contributed by atoms with Gasteiger partial charge in [0.15, 0.2) is 0 Å². The summed E-state index contributed by atoms with van der Waals surface area (Å²) < 4.78 is 28.8. The van der Waals surface area contributed by atoms with E-state index in [0.29, 0.717) is 5.75 Å². The van der Waals surface area contributed by atoms with Crippen molar-refractivity contribution in [2.24, 2.45) is 0 Å². The van der Waals surface area contributed by atoms with E-state index in [2.05, 4.69) is 4.74 Å². The van der Waals surface area contributed by atoms with E-state index < -0.39 is 6.61 Å². The first kappa shape index (κ1) is 15.8. The first-order valence-electron chi connectivity index (χ1n) is 7.10. The van der Waals surface area contributed by atoms with Gasteiger partial charge in [-0.05, 0) is 36.8 Å². The van der Waals surface area contributed by atoms with Crippen molar-refractivity contribution in [3.05, 3.63) is 59.7 Å². The minimum atomic E-state index is -2.84. The lowest BCUT2D eigenvalue weighted by atomic mass is 10.1. The number of ether oxygens (including phenoxy) is 1. The molecule has 1 atom stereocenters. The van der Waals surface area contributed by atoms with Gasteiger partial charge in [-0.15, -0.1) is 11.8 Å². The van der Waals surface area contributed by atoms with E-state index in [9.17, 15) is 13.6 Å². The topological polar surface area (TPSA) is 29.5 Å². The molecule has 1 saturated heterocycles. The molecule has 0 bridgehead atoms. The van der Waals surface area contributed by atoms with Gasteiger partial charge in [0.05, 0.1) is 5.75 Å². The van der Waals surface area contributed by atoms with Crippen LogP contribution in [0.1, 0.15) is 16.5 Å². The quantitative estimate of drug-likeness (QED) is 0.831. The minimum Gasteiger partial charge on any atom is -0.435 e. The Bertz CT molecular complexity index is 689. The molecule has 0 unspecified atom stereocenters. The second-order valence-corrected chi connectivity index (χ2v) is 6.28. The smallest absolute Gasteiger partial charge is 0.387 e. The molecule has 3 nitrogen and oxygen atoms in total. The molecular formula is C17H15F2NO2S. The lowest BCUT2D eigenvalue weighted by molar-refractivity contribution is -0.115. The Kier molecular flexibility index (Phi) is 4.52. The predicted octanol–water partition coefficient (Wildman–Crippen LogP) is 4.38. The van der Waals surface area contributed by atoms with Crippen molar-refractivity contribution >= 4 is 23.4 Å². The average Bonchev–Trinajstić information content (AvgIpc) is 2.90. The maximum absolute atomic E-state index is 12.2. The Labute approximate surface area is 137 Å². The number of carbonyl (C=O) groups is 1. The number of amides is 1. The Balaban J connectivity index is 1.85. The highest BCUT2D eigenvalue weighted by Gasteiger charge is 2.33. The third-order valence-corrected chi connectivity index (χ3v) is 4.78. The summed E-state index contributed by atoms with van der Waals surface area (Å²) in [6.07, 6.45) is 0. The van der Waals surface area contributed by atoms with Crippen LogP contribution in [0.2, 0.25) is 0 Å². The zero-order chi connectivity index (χ0) is 16.4. The number of benzene rings is 2. The molecule has 120 valence electrons. The molecular weight excluding hydrogens is 320 g/mol. The van der Waals surface area contributed by atoms with Gasteiger partial charge in [0, 0.05) is 5.69 Å². The summed E-state index contributed by atoms with van der Waals surface area (Å²) in [5.41, 5.74) is 2.84. The van der Waals surface area contributed by atoms with Gasteiger partial charge in [-0.25, -0.2) is 0 Å². The van der Waals surface area contributed by atoms with E-state index in [0.717, 1.165) is 16.8 Å². The molecule has 1 heterocycles. The highest BCUT2D eigenvalue weighted by Crippen LogP contribution is 2.42. The molecule has 0 N–H and O–H groups in total. The average molecular weight is 335 g/mol. The summed E-state index contributed by atoms with van der Waals surface area (Å²) in [5.74, 6) is 0.546. The molecule has 3 rings (SSSR count). The second kappa shape index (κ2) is 6.58. The molecule has 0 aromatic heterocycles. The van der Waals surface area contributed by atoms with Crippen molar-refractivity contribution in [2.45, 2.75) is 18.9 Å². The number of hydrogen-bond acceptors (Lipinski definition) is 3. The Morgan fingerprint density at radius 3 is 2.39 bits per heavy atom. The molecule has 1 aliphatic rings. The molecule has 0 radical (unpaired) electrons. The molecule has 2 aromatic rings. The molecule has 0 aliphatic carbocycles. The van der Waals surface area contributed by atoms with Crippen molar-refractivity contribution in [1.82, 2.24) is 0 Å². The van der Waals surface area contributed by atoms with E-state index in [-0.39, 0.29) is 17.0 Å². The molecule has 6 heteroatoms. The molecule has 1 amide bonds. The summed E-state index contributed by atoms with van der Waals surface area (Å²) >= 11 is 1.52. The number of anilines is 1. The van der Waals surface area contributed by atoms with Gasteiger partial charge in [-0.3, -0.25) is 9.69 Å². The first-order chi connectivity index (χ1) is 11.0. The van der Waals surface area contributed by atoms with E-state index >= 15 is 0 Å². The number of aryl methyl sites for hydroxylation is 1. The number of alkyl halides is 2. The van der Waals surface area contributed by atoms with Crippen LogP contribution >= 0.6 is 11.8 Å². The van der Waals surface area contributed by atoms with Crippen LogP contribution in [0.25, 0.3) is 0 Å². The molecule has 23 heavy (non-hydrogen) atoms. The zero-order valence-corrected chi connectivity index (χ0v) is 13.2. The van der Waals surface area contributed by atoms with Crippen LogP contribution in [0.3, 0.4) is 0 Å². The highest BCUT2D eigenvalue weighted by atomic mass is 32.2. The monoisotopic (exact) mass is 335 g/mol. The van der Waals surface area contributed by atoms with Gasteiger partial charge < -0.3 is 4.74 Å². The molecule has 0 spiro atoms. The Morgan fingerprint density at radius 2 is 1.78 bits per heavy atom. The van der Waals surface area contributed by atoms with E-state index in [1.165, 1.54) is 23.9 Å². The van der Waals surface area contributed by atoms with Gasteiger partial charge in [0.2, 0.25) is 5.91 Å². The number of halogens is 2. The Morgan fingerprint density at radius 1 is 1.13 bits per heavy atom. The molecule has 0 saturated carbocycles. The number of nitrogens with zero attached hydrogens (tertiary/aromatic N) is 1. The standard InChI is InChI=1S/C17H15F2NO2S/c1-11-2-6-13(7-3-11)20-15(21)10-23-16(20)12-4-8-14(9-5-12)22-17(18)19/h2-9,16-17H,10H2,1H3/t16-/m0/s1. The predicted molar refractivity (Wildman–Crippen MR) is 86.9 cm³/mol. The molecule has 1 fully saturated rings. The van der Waals surface area contributed by atoms with Crippen molar-refractivity contribution in [1.29, 1.82) is 0 Å². The SMILES string of the molecule is Cc1ccc(N2C(=O)CS[C@H]2c2ccc(OC(F)F)cc2)cc1. The number of hydrogen-bond donors (Lipinski definition) is 0. The number of carbonyl (C=O) groups excluding carboxylic acids is 1. The first-order valence-corrected chi connectivity index (χ1v) is 8.14.